The minimum absolute atomic E-state index is 0.0841. The van der Waals surface area contributed by atoms with Gasteiger partial charge in [-0.15, -0.1) is 0 Å². The molecule has 124 valence electrons. The summed E-state index contributed by atoms with van der Waals surface area (Å²) < 4.78 is 5.25. The molecule has 4 rings (SSSR count). The van der Waals surface area contributed by atoms with Crippen molar-refractivity contribution in [2.75, 3.05) is 7.11 Å². The van der Waals surface area contributed by atoms with E-state index < -0.39 is 0 Å². The van der Waals surface area contributed by atoms with Gasteiger partial charge >= 0.3 is 0 Å². The number of carbonyl (C=O) groups is 2. The number of allylic oxidation sites excluding steroid dienone is 4. The van der Waals surface area contributed by atoms with Crippen LogP contribution in [-0.2, 0) is 9.59 Å². The maximum absolute atomic E-state index is 12.7. The monoisotopic (exact) mass is 323 g/mol. The Hall–Kier alpha value is -2.36. The average molecular weight is 323 g/mol. The lowest BCUT2D eigenvalue weighted by molar-refractivity contribution is -0.118. The highest BCUT2D eigenvalue weighted by atomic mass is 16.5. The molecule has 0 saturated carbocycles. The standard InChI is InChI=1S/C20H21NO3/c1-24-13-10-8-12(9-11-13)18-14-4-2-7-17(23)20(14)21-15-5-3-6-16(22)19(15)18/h8-11,18,21H,2-7H2,1H3. The van der Waals surface area contributed by atoms with Crippen LogP contribution in [-0.4, -0.2) is 18.7 Å². The van der Waals surface area contributed by atoms with Crippen molar-refractivity contribution in [3.8, 4) is 5.75 Å². The molecule has 1 aliphatic heterocycles. The van der Waals surface area contributed by atoms with Crippen LogP contribution in [0.1, 0.15) is 50.0 Å². The second-order valence-corrected chi connectivity index (χ2v) is 6.68. The lowest BCUT2D eigenvalue weighted by Gasteiger charge is -2.37. The van der Waals surface area contributed by atoms with Crippen molar-refractivity contribution in [1.29, 1.82) is 0 Å². The van der Waals surface area contributed by atoms with Gasteiger partial charge in [-0.25, -0.2) is 0 Å². The van der Waals surface area contributed by atoms with Crippen LogP contribution < -0.4 is 10.1 Å². The van der Waals surface area contributed by atoms with Gasteiger partial charge in [0, 0.05) is 30.0 Å². The third kappa shape index (κ3) is 2.37. The van der Waals surface area contributed by atoms with Crippen LogP contribution in [0.5, 0.6) is 5.75 Å². The van der Waals surface area contributed by atoms with Crippen molar-refractivity contribution in [2.45, 2.75) is 44.4 Å². The highest BCUT2D eigenvalue weighted by Crippen LogP contribution is 2.45. The number of methoxy groups -OCH3 is 1. The summed E-state index contributed by atoms with van der Waals surface area (Å²) in [5.41, 5.74) is 4.74. The Morgan fingerprint density at radius 2 is 1.67 bits per heavy atom. The van der Waals surface area contributed by atoms with Gasteiger partial charge in [-0.05, 0) is 49.0 Å². The molecule has 0 fully saturated rings. The van der Waals surface area contributed by atoms with Crippen molar-refractivity contribution in [3.63, 3.8) is 0 Å². The molecular weight excluding hydrogens is 302 g/mol. The molecule has 1 aromatic rings. The molecular formula is C20H21NO3. The van der Waals surface area contributed by atoms with Crippen LogP contribution in [0, 0.1) is 0 Å². The zero-order valence-electron chi connectivity index (χ0n) is 13.9. The van der Waals surface area contributed by atoms with Gasteiger partial charge in [0.1, 0.15) is 5.75 Å². The van der Waals surface area contributed by atoms with Crippen molar-refractivity contribution < 1.29 is 14.3 Å². The largest absolute Gasteiger partial charge is 0.497 e. The summed E-state index contributed by atoms with van der Waals surface area (Å²) in [5, 5.41) is 3.32. The third-order valence-corrected chi connectivity index (χ3v) is 5.27. The fourth-order valence-corrected chi connectivity index (χ4v) is 4.12. The molecule has 2 aliphatic carbocycles. The molecule has 1 heterocycles. The van der Waals surface area contributed by atoms with E-state index in [0.29, 0.717) is 12.8 Å². The zero-order valence-corrected chi connectivity index (χ0v) is 13.9. The van der Waals surface area contributed by atoms with Gasteiger partial charge in [0.2, 0.25) is 0 Å². The summed E-state index contributed by atoms with van der Waals surface area (Å²) in [4.78, 5) is 25.1. The fraction of sp³-hybridized carbons (Fsp3) is 0.400. The van der Waals surface area contributed by atoms with E-state index in [9.17, 15) is 9.59 Å². The van der Waals surface area contributed by atoms with Crippen LogP contribution in [0.15, 0.2) is 46.8 Å². The van der Waals surface area contributed by atoms with Gasteiger partial charge < -0.3 is 10.1 Å². The zero-order chi connectivity index (χ0) is 16.7. The second-order valence-electron chi connectivity index (χ2n) is 6.68. The van der Waals surface area contributed by atoms with Crippen molar-refractivity contribution in [2.24, 2.45) is 0 Å². The Balaban J connectivity index is 1.86. The van der Waals surface area contributed by atoms with Gasteiger partial charge in [-0.3, -0.25) is 9.59 Å². The molecule has 0 saturated heterocycles. The Kier molecular flexibility index (Phi) is 3.75. The molecule has 1 atom stereocenters. The molecule has 4 nitrogen and oxygen atoms in total. The molecule has 1 N–H and O–H groups in total. The number of ketones is 2. The number of Topliss-reactive ketones (excluding diaryl/α,β-unsaturated/α-hetero) is 2. The Morgan fingerprint density at radius 3 is 2.42 bits per heavy atom. The van der Waals surface area contributed by atoms with E-state index in [1.54, 1.807) is 7.11 Å². The van der Waals surface area contributed by atoms with E-state index in [4.69, 9.17) is 4.74 Å². The highest BCUT2D eigenvalue weighted by Gasteiger charge is 2.39. The van der Waals surface area contributed by atoms with Gasteiger partial charge in [0.15, 0.2) is 11.6 Å². The lowest BCUT2D eigenvalue weighted by Crippen LogP contribution is -2.36. The first-order valence-electron chi connectivity index (χ1n) is 8.62. The Morgan fingerprint density at radius 1 is 0.958 bits per heavy atom. The van der Waals surface area contributed by atoms with Crippen LogP contribution in [0.2, 0.25) is 0 Å². The number of rotatable bonds is 2. The second kappa shape index (κ2) is 5.93. The summed E-state index contributed by atoms with van der Waals surface area (Å²) in [6.07, 6.45) is 4.63. The predicted octanol–water partition coefficient (Wildman–Crippen LogP) is 3.40. The molecule has 0 radical (unpaired) electrons. The maximum Gasteiger partial charge on any atom is 0.179 e. The molecule has 1 unspecified atom stereocenters. The van der Waals surface area contributed by atoms with Crippen LogP contribution >= 0.6 is 0 Å². The third-order valence-electron chi connectivity index (χ3n) is 5.27. The number of hydrogen-bond donors (Lipinski definition) is 1. The van der Waals surface area contributed by atoms with E-state index in [1.165, 1.54) is 0 Å². The van der Waals surface area contributed by atoms with Gasteiger partial charge in [0.05, 0.1) is 12.8 Å². The highest BCUT2D eigenvalue weighted by molar-refractivity contribution is 6.03. The minimum atomic E-state index is -0.0841. The molecule has 24 heavy (non-hydrogen) atoms. The molecule has 0 amide bonds. The molecule has 4 heteroatoms. The number of carbonyl (C=O) groups excluding carboxylic acids is 2. The molecule has 0 bridgehead atoms. The molecule has 3 aliphatic rings. The molecule has 0 aromatic heterocycles. The van der Waals surface area contributed by atoms with Gasteiger partial charge in [0.25, 0.3) is 0 Å². The Bertz CT molecular complexity index is 771. The minimum Gasteiger partial charge on any atom is -0.497 e. The smallest absolute Gasteiger partial charge is 0.179 e. The van der Waals surface area contributed by atoms with E-state index in [1.807, 2.05) is 24.3 Å². The quantitative estimate of drug-likeness (QED) is 0.906. The summed E-state index contributed by atoms with van der Waals surface area (Å²) >= 11 is 0. The van der Waals surface area contributed by atoms with Crippen molar-refractivity contribution >= 4 is 11.6 Å². The van der Waals surface area contributed by atoms with Crippen molar-refractivity contribution in [1.82, 2.24) is 5.32 Å². The number of ether oxygens (including phenoxy) is 1. The summed E-state index contributed by atoms with van der Waals surface area (Å²) in [7, 11) is 1.64. The van der Waals surface area contributed by atoms with E-state index in [-0.39, 0.29) is 17.5 Å². The summed E-state index contributed by atoms with van der Waals surface area (Å²) in [6, 6.07) is 7.89. The molecule has 1 aromatic carbocycles. The first kappa shape index (κ1) is 15.2. The Labute approximate surface area is 141 Å². The van der Waals surface area contributed by atoms with Crippen LogP contribution in [0.3, 0.4) is 0 Å². The molecule has 0 spiro atoms. The van der Waals surface area contributed by atoms with Crippen LogP contribution in [0.4, 0.5) is 0 Å². The van der Waals surface area contributed by atoms with Crippen molar-refractivity contribution in [3.05, 3.63) is 52.4 Å². The van der Waals surface area contributed by atoms with Gasteiger partial charge in [-0.2, -0.15) is 0 Å². The SMILES string of the molecule is COc1ccc(C2C3=C(NC4=C2C(=O)CCC4)C(=O)CCC3)cc1. The van der Waals surface area contributed by atoms with E-state index in [0.717, 1.165) is 59.5 Å². The summed E-state index contributed by atoms with van der Waals surface area (Å²) in [6.45, 7) is 0. The average Bonchev–Trinajstić information content (AvgIpc) is 2.61. The normalized spacial score (nSPS) is 23.6. The maximum atomic E-state index is 12.7. The van der Waals surface area contributed by atoms with E-state index in [2.05, 4.69) is 5.32 Å². The number of dihydropyridines is 1. The topological polar surface area (TPSA) is 55.4 Å². The number of benzene rings is 1. The van der Waals surface area contributed by atoms with Gasteiger partial charge in [-0.1, -0.05) is 12.1 Å². The first-order valence-corrected chi connectivity index (χ1v) is 8.62. The van der Waals surface area contributed by atoms with E-state index >= 15 is 0 Å². The number of hydrogen-bond acceptors (Lipinski definition) is 4. The lowest BCUT2D eigenvalue weighted by atomic mass is 9.72. The summed E-state index contributed by atoms with van der Waals surface area (Å²) in [5.74, 6) is 1.11. The first-order chi connectivity index (χ1) is 11.7. The number of nitrogens with one attached hydrogen (secondary N) is 1. The van der Waals surface area contributed by atoms with Crippen LogP contribution in [0.25, 0.3) is 0 Å². The fourth-order valence-electron chi connectivity index (χ4n) is 4.12. The predicted molar refractivity (Wildman–Crippen MR) is 90.6 cm³/mol.